The number of aryl methyl sites for hydroxylation is 1. The minimum absolute atomic E-state index is 0.544. The summed E-state index contributed by atoms with van der Waals surface area (Å²) in [5.74, 6) is 2.36. The largest absolute Gasteiger partial charge is 0.316 e. The molecule has 2 unspecified atom stereocenters. The maximum Gasteiger partial charge on any atom is 0.138 e. The van der Waals surface area contributed by atoms with E-state index >= 15 is 0 Å². The van der Waals surface area contributed by atoms with Gasteiger partial charge in [-0.05, 0) is 19.4 Å². The standard InChI is InChI=1S/C9H16N4/c1-3-13-9(11-6-12-13)8-5-10-4-7(8)2/h6-8,10H,3-5H2,1-2H3. The Balaban J connectivity index is 2.23. The normalized spacial score (nSPS) is 28.2. The lowest BCUT2D eigenvalue weighted by Crippen LogP contribution is -2.15. The molecule has 1 aromatic heterocycles. The SMILES string of the molecule is CCn1ncnc1C1CNCC1C. The lowest BCUT2D eigenvalue weighted by atomic mass is 9.97. The molecule has 1 fully saturated rings. The molecule has 2 rings (SSSR count). The predicted molar refractivity (Wildman–Crippen MR) is 50.5 cm³/mol. The first-order chi connectivity index (χ1) is 6.33. The fraction of sp³-hybridized carbons (Fsp3) is 0.778. The second kappa shape index (κ2) is 3.46. The number of nitrogens with one attached hydrogen (secondary N) is 1. The van der Waals surface area contributed by atoms with Crippen LogP contribution in [0, 0.1) is 5.92 Å². The summed E-state index contributed by atoms with van der Waals surface area (Å²) < 4.78 is 1.99. The summed E-state index contributed by atoms with van der Waals surface area (Å²) in [5.41, 5.74) is 0. The maximum atomic E-state index is 4.33. The van der Waals surface area contributed by atoms with Crippen LogP contribution in [0.5, 0.6) is 0 Å². The Morgan fingerprint density at radius 1 is 1.62 bits per heavy atom. The van der Waals surface area contributed by atoms with Crippen molar-refractivity contribution in [2.75, 3.05) is 13.1 Å². The van der Waals surface area contributed by atoms with Gasteiger partial charge < -0.3 is 5.32 Å². The molecule has 0 aliphatic carbocycles. The molecule has 1 saturated heterocycles. The van der Waals surface area contributed by atoms with E-state index in [1.54, 1.807) is 6.33 Å². The maximum absolute atomic E-state index is 4.33. The average molecular weight is 180 g/mol. The number of rotatable bonds is 2. The van der Waals surface area contributed by atoms with Gasteiger partial charge >= 0.3 is 0 Å². The quantitative estimate of drug-likeness (QED) is 0.725. The van der Waals surface area contributed by atoms with Crippen LogP contribution in [-0.4, -0.2) is 27.9 Å². The van der Waals surface area contributed by atoms with Crippen LogP contribution in [0.2, 0.25) is 0 Å². The Kier molecular flexibility index (Phi) is 2.31. The van der Waals surface area contributed by atoms with Crippen molar-refractivity contribution in [2.45, 2.75) is 26.3 Å². The predicted octanol–water partition coefficient (Wildman–Crippen LogP) is 0.621. The molecule has 1 aliphatic heterocycles. The van der Waals surface area contributed by atoms with Crippen LogP contribution in [0.1, 0.15) is 25.6 Å². The minimum Gasteiger partial charge on any atom is -0.316 e. The molecule has 2 atom stereocenters. The van der Waals surface area contributed by atoms with E-state index in [2.05, 4.69) is 29.2 Å². The number of hydrogen-bond donors (Lipinski definition) is 1. The molecular weight excluding hydrogens is 164 g/mol. The molecule has 4 heteroatoms. The zero-order valence-corrected chi connectivity index (χ0v) is 8.20. The first-order valence-electron chi connectivity index (χ1n) is 4.91. The first-order valence-corrected chi connectivity index (χ1v) is 4.91. The van der Waals surface area contributed by atoms with E-state index in [-0.39, 0.29) is 0 Å². The van der Waals surface area contributed by atoms with E-state index in [1.807, 2.05) is 4.68 Å². The number of nitrogens with zero attached hydrogens (tertiary/aromatic N) is 3. The zero-order chi connectivity index (χ0) is 9.26. The van der Waals surface area contributed by atoms with Gasteiger partial charge in [0.2, 0.25) is 0 Å². The third kappa shape index (κ3) is 1.46. The molecule has 72 valence electrons. The fourth-order valence-corrected chi connectivity index (χ4v) is 1.96. The van der Waals surface area contributed by atoms with Gasteiger partial charge in [0, 0.05) is 19.0 Å². The van der Waals surface area contributed by atoms with Gasteiger partial charge in [-0.25, -0.2) is 4.98 Å². The Morgan fingerprint density at radius 3 is 3.08 bits per heavy atom. The average Bonchev–Trinajstić information content (AvgIpc) is 2.71. The van der Waals surface area contributed by atoms with Gasteiger partial charge in [0.15, 0.2) is 0 Å². The van der Waals surface area contributed by atoms with Crippen LogP contribution in [0.4, 0.5) is 0 Å². The smallest absolute Gasteiger partial charge is 0.138 e. The van der Waals surface area contributed by atoms with Crippen molar-refractivity contribution in [2.24, 2.45) is 5.92 Å². The summed E-state index contributed by atoms with van der Waals surface area (Å²) >= 11 is 0. The molecule has 0 radical (unpaired) electrons. The molecule has 0 spiro atoms. The van der Waals surface area contributed by atoms with Crippen molar-refractivity contribution in [1.82, 2.24) is 20.1 Å². The van der Waals surface area contributed by atoms with Gasteiger partial charge in [0.25, 0.3) is 0 Å². The van der Waals surface area contributed by atoms with Crippen molar-refractivity contribution in [1.29, 1.82) is 0 Å². The Morgan fingerprint density at radius 2 is 2.46 bits per heavy atom. The third-order valence-corrected chi connectivity index (χ3v) is 2.79. The summed E-state index contributed by atoms with van der Waals surface area (Å²) in [6.45, 7) is 7.42. The topological polar surface area (TPSA) is 42.7 Å². The highest BCUT2D eigenvalue weighted by Crippen LogP contribution is 2.25. The summed E-state index contributed by atoms with van der Waals surface area (Å²) in [6, 6.07) is 0. The summed E-state index contributed by atoms with van der Waals surface area (Å²) in [5, 5.41) is 7.57. The van der Waals surface area contributed by atoms with Gasteiger partial charge in [0.1, 0.15) is 12.2 Å². The van der Waals surface area contributed by atoms with Crippen LogP contribution >= 0.6 is 0 Å². The van der Waals surface area contributed by atoms with Crippen molar-refractivity contribution in [3.8, 4) is 0 Å². The molecule has 0 saturated carbocycles. The highest BCUT2D eigenvalue weighted by Gasteiger charge is 2.28. The summed E-state index contributed by atoms with van der Waals surface area (Å²) in [4.78, 5) is 4.33. The summed E-state index contributed by atoms with van der Waals surface area (Å²) in [7, 11) is 0. The van der Waals surface area contributed by atoms with Gasteiger partial charge in [-0.15, -0.1) is 0 Å². The molecule has 0 bridgehead atoms. The second-order valence-electron chi connectivity index (χ2n) is 3.68. The second-order valence-corrected chi connectivity index (χ2v) is 3.68. The van der Waals surface area contributed by atoms with E-state index in [1.165, 1.54) is 0 Å². The molecule has 13 heavy (non-hydrogen) atoms. The third-order valence-electron chi connectivity index (χ3n) is 2.79. The van der Waals surface area contributed by atoms with Crippen LogP contribution in [0.25, 0.3) is 0 Å². The van der Waals surface area contributed by atoms with E-state index in [4.69, 9.17) is 0 Å². The van der Waals surface area contributed by atoms with E-state index < -0.39 is 0 Å². The van der Waals surface area contributed by atoms with E-state index in [0.717, 1.165) is 25.5 Å². The highest BCUT2D eigenvalue weighted by atomic mass is 15.3. The van der Waals surface area contributed by atoms with Crippen LogP contribution in [0.15, 0.2) is 6.33 Å². The van der Waals surface area contributed by atoms with Crippen LogP contribution in [-0.2, 0) is 6.54 Å². The summed E-state index contributed by atoms with van der Waals surface area (Å²) in [6.07, 6.45) is 1.66. The molecule has 0 amide bonds. The Labute approximate surface area is 78.4 Å². The Hall–Kier alpha value is -0.900. The molecule has 1 N–H and O–H groups in total. The van der Waals surface area contributed by atoms with E-state index in [0.29, 0.717) is 11.8 Å². The highest BCUT2D eigenvalue weighted by molar-refractivity contribution is 5.02. The minimum atomic E-state index is 0.544. The number of hydrogen-bond acceptors (Lipinski definition) is 3. The van der Waals surface area contributed by atoms with E-state index in [9.17, 15) is 0 Å². The Bertz CT molecular complexity index is 281. The van der Waals surface area contributed by atoms with Gasteiger partial charge in [-0.1, -0.05) is 6.92 Å². The first kappa shape index (κ1) is 8.69. The van der Waals surface area contributed by atoms with Crippen molar-refractivity contribution >= 4 is 0 Å². The van der Waals surface area contributed by atoms with Gasteiger partial charge in [-0.2, -0.15) is 5.10 Å². The van der Waals surface area contributed by atoms with Gasteiger partial charge in [0.05, 0.1) is 0 Å². The molecule has 0 aromatic carbocycles. The monoisotopic (exact) mass is 180 g/mol. The van der Waals surface area contributed by atoms with Crippen molar-refractivity contribution in [3.63, 3.8) is 0 Å². The van der Waals surface area contributed by atoms with Crippen LogP contribution in [0.3, 0.4) is 0 Å². The van der Waals surface area contributed by atoms with Crippen molar-refractivity contribution < 1.29 is 0 Å². The lowest BCUT2D eigenvalue weighted by Gasteiger charge is -2.13. The molecule has 4 nitrogen and oxygen atoms in total. The lowest BCUT2D eigenvalue weighted by molar-refractivity contribution is 0.499. The van der Waals surface area contributed by atoms with Gasteiger partial charge in [-0.3, -0.25) is 4.68 Å². The molecular formula is C9H16N4. The zero-order valence-electron chi connectivity index (χ0n) is 8.20. The van der Waals surface area contributed by atoms with Crippen molar-refractivity contribution in [3.05, 3.63) is 12.2 Å². The molecule has 2 heterocycles. The van der Waals surface area contributed by atoms with Crippen LogP contribution < -0.4 is 5.32 Å². The molecule has 1 aliphatic rings. The molecule has 1 aromatic rings. The fourth-order valence-electron chi connectivity index (χ4n) is 1.96. The number of aromatic nitrogens is 3.